The van der Waals surface area contributed by atoms with Crippen LogP contribution in [0.15, 0.2) is 23.1 Å². The summed E-state index contributed by atoms with van der Waals surface area (Å²) in [5, 5.41) is 0. The topological polar surface area (TPSA) is 68.3 Å². The Morgan fingerprint density at radius 2 is 1.35 bits per heavy atom. The van der Waals surface area contributed by atoms with Crippen LogP contribution in [0, 0.1) is 11.8 Å². The maximum atomic E-state index is 12.2. The van der Waals surface area contributed by atoms with Crippen molar-refractivity contribution in [1.29, 1.82) is 0 Å². The molecule has 20 heavy (non-hydrogen) atoms. The normalized spacial score (nSPS) is 11.9. The first-order valence-electron chi connectivity index (χ1n) is 6.48. The highest BCUT2D eigenvalue weighted by molar-refractivity contribution is 7.90. The summed E-state index contributed by atoms with van der Waals surface area (Å²) in [5.41, 5.74) is 0.493. The molecule has 0 spiro atoms. The molecular weight excluding hydrogens is 276 g/mol. The van der Waals surface area contributed by atoms with Gasteiger partial charge in [0.25, 0.3) is 0 Å². The minimum atomic E-state index is -3.41. The largest absolute Gasteiger partial charge is 0.294 e. The summed E-state index contributed by atoms with van der Waals surface area (Å²) < 4.78 is 23.2. The summed E-state index contributed by atoms with van der Waals surface area (Å²) in [6.45, 7) is 6.94. The average molecular weight is 296 g/mol. The highest BCUT2D eigenvalue weighted by atomic mass is 32.2. The van der Waals surface area contributed by atoms with Crippen molar-refractivity contribution in [2.75, 3.05) is 6.26 Å². The van der Waals surface area contributed by atoms with E-state index in [1.54, 1.807) is 27.7 Å². The summed E-state index contributed by atoms with van der Waals surface area (Å²) in [7, 11) is -3.41. The Kier molecular flexibility index (Phi) is 4.86. The smallest absolute Gasteiger partial charge is 0.175 e. The van der Waals surface area contributed by atoms with E-state index in [1.165, 1.54) is 18.2 Å². The third kappa shape index (κ3) is 3.54. The van der Waals surface area contributed by atoms with Crippen LogP contribution in [0.3, 0.4) is 0 Å². The lowest BCUT2D eigenvalue weighted by molar-refractivity contribution is 0.0905. The summed E-state index contributed by atoms with van der Waals surface area (Å²) in [5.74, 6) is -0.935. The zero-order valence-electron chi connectivity index (χ0n) is 12.4. The van der Waals surface area contributed by atoms with Gasteiger partial charge in [-0.1, -0.05) is 27.7 Å². The van der Waals surface area contributed by atoms with Gasteiger partial charge in [-0.15, -0.1) is 0 Å². The van der Waals surface area contributed by atoms with E-state index in [0.717, 1.165) is 6.26 Å². The molecule has 0 heterocycles. The van der Waals surface area contributed by atoms with Crippen LogP contribution in [0.2, 0.25) is 0 Å². The van der Waals surface area contributed by atoms with E-state index < -0.39 is 9.84 Å². The number of carbonyl (C=O) groups is 2. The molecule has 1 rings (SSSR count). The molecule has 4 nitrogen and oxygen atoms in total. The van der Waals surface area contributed by atoms with Crippen molar-refractivity contribution in [3.05, 3.63) is 29.3 Å². The average Bonchev–Trinajstić information content (AvgIpc) is 2.34. The van der Waals surface area contributed by atoms with E-state index in [2.05, 4.69) is 0 Å². The molecule has 0 saturated heterocycles. The van der Waals surface area contributed by atoms with Crippen molar-refractivity contribution in [3.8, 4) is 0 Å². The molecule has 0 N–H and O–H groups in total. The van der Waals surface area contributed by atoms with Gasteiger partial charge in [0.2, 0.25) is 0 Å². The van der Waals surface area contributed by atoms with Crippen LogP contribution in [-0.2, 0) is 9.84 Å². The van der Waals surface area contributed by atoms with Crippen LogP contribution in [-0.4, -0.2) is 26.2 Å². The molecule has 1 aromatic carbocycles. The zero-order chi connectivity index (χ0) is 15.7. The first-order chi connectivity index (χ1) is 9.05. The van der Waals surface area contributed by atoms with Gasteiger partial charge in [-0.25, -0.2) is 8.42 Å². The molecule has 0 aliphatic carbocycles. The number of carbonyl (C=O) groups excluding carboxylic acids is 2. The Morgan fingerprint density at radius 1 is 0.900 bits per heavy atom. The van der Waals surface area contributed by atoms with Crippen molar-refractivity contribution < 1.29 is 18.0 Å². The number of hydrogen-bond donors (Lipinski definition) is 0. The van der Waals surface area contributed by atoms with Crippen LogP contribution < -0.4 is 0 Å². The van der Waals surface area contributed by atoms with Crippen LogP contribution in [0.25, 0.3) is 0 Å². The standard InChI is InChI=1S/C15H20O4S/c1-9(2)14(16)12-7-6-11(20(5,18)19)8-13(12)15(17)10(3)4/h6-10H,1-5H3. The Hall–Kier alpha value is -1.49. The minimum absolute atomic E-state index is 0.0572. The molecule has 0 aromatic heterocycles. The maximum absolute atomic E-state index is 12.2. The second kappa shape index (κ2) is 5.87. The van der Waals surface area contributed by atoms with Gasteiger partial charge in [-0.05, 0) is 18.2 Å². The van der Waals surface area contributed by atoms with Gasteiger partial charge in [0.05, 0.1) is 4.90 Å². The number of hydrogen-bond acceptors (Lipinski definition) is 4. The van der Waals surface area contributed by atoms with Gasteiger partial charge in [-0.2, -0.15) is 0 Å². The van der Waals surface area contributed by atoms with Gasteiger partial charge >= 0.3 is 0 Å². The van der Waals surface area contributed by atoms with Gasteiger partial charge in [0.15, 0.2) is 21.4 Å². The molecule has 5 heteroatoms. The van der Waals surface area contributed by atoms with E-state index in [0.29, 0.717) is 5.56 Å². The van der Waals surface area contributed by atoms with Gasteiger partial charge in [0.1, 0.15) is 0 Å². The van der Waals surface area contributed by atoms with E-state index in [9.17, 15) is 18.0 Å². The molecule has 0 aliphatic heterocycles. The summed E-state index contributed by atoms with van der Waals surface area (Å²) >= 11 is 0. The number of Topliss-reactive ketones (excluding diaryl/α,β-unsaturated/α-hetero) is 2. The Labute approximate surface area is 120 Å². The van der Waals surface area contributed by atoms with Crippen LogP contribution in [0.4, 0.5) is 0 Å². The van der Waals surface area contributed by atoms with E-state index in [-0.39, 0.29) is 33.9 Å². The Bertz CT molecular complexity index is 640. The molecule has 0 bridgehead atoms. The SMILES string of the molecule is CC(C)C(=O)c1ccc(S(C)(=O)=O)cc1C(=O)C(C)C. The minimum Gasteiger partial charge on any atom is -0.294 e. The molecule has 0 atom stereocenters. The fraction of sp³-hybridized carbons (Fsp3) is 0.467. The van der Waals surface area contributed by atoms with Crippen molar-refractivity contribution in [2.24, 2.45) is 11.8 Å². The van der Waals surface area contributed by atoms with Crippen LogP contribution in [0.1, 0.15) is 48.4 Å². The van der Waals surface area contributed by atoms with Crippen molar-refractivity contribution >= 4 is 21.4 Å². The Balaban J connectivity index is 3.54. The van der Waals surface area contributed by atoms with Crippen LogP contribution in [0.5, 0.6) is 0 Å². The molecule has 0 amide bonds. The predicted octanol–water partition coefficient (Wildman–Crippen LogP) is 2.77. The molecular formula is C15H20O4S. The molecule has 0 saturated carbocycles. The number of benzene rings is 1. The molecule has 110 valence electrons. The maximum Gasteiger partial charge on any atom is 0.175 e. The molecule has 0 radical (unpaired) electrons. The first-order valence-corrected chi connectivity index (χ1v) is 8.37. The summed E-state index contributed by atoms with van der Waals surface area (Å²) in [4.78, 5) is 24.4. The fourth-order valence-electron chi connectivity index (χ4n) is 1.79. The lowest BCUT2D eigenvalue weighted by atomic mass is 9.91. The van der Waals surface area contributed by atoms with E-state index in [1.807, 2.05) is 0 Å². The number of sulfone groups is 1. The number of rotatable bonds is 5. The van der Waals surface area contributed by atoms with E-state index in [4.69, 9.17) is 0 Å². The number of ketones is 2. The lowest BCUT2D eigenvalue weighted by Gasteiger charge is -2.13. The van der Waals surface area contributed by atoms with Crippen molar-refractivity contribution in [2.45, 2.75) is 32.6 Å². The fourth-order valence-corrected chi connectivity index (χ4v) is 2.44. The van der Waals surface area contributed by atoms with Crippen molar-refractivity contribution in [3.63, 3.8) is 0 Å². The zero-order valence-corrected chi connectivity index (χ0v) is 13.2. The third-order valence-electron chi connectivity index (χ3n) is 3.00. The lowest BCUT2D eigenvalue weighted by Crippen LogP contribution is -2.17. The monoisotopic (exact) mass is 296 g/mol. The van der Waals surface area contributed by atoms with Gasteiger partial charge in [-0.3, -0.25) is 9.59 Å². The predicted molar refractivity (Wildman–Crippen MR) is 77.9 cm³/mol. The Morgan fingerprint density at radius 3 is 1.75 bits per heavy atom. The quantitative estimate of drug-likeness (QED) is 0.783. The molecule has 0 unspecified atom stereocenters. The van der Waals surface area contributed by atoms with Gasteiger partial charge < -0.3 is 0 Å². The third-order valence-corrected chi connectivity index (χ3v) is 4.11. The molecule has 0 fully saturated rings. The molecule has 1 aromatic rings. The highest BCUT2D eigenvalue weighted by Crippen LogP contribution is 2.22. The van der Waals surface area contributed by atoms with Gasteiger partial charge in [0, 0.05) is 29.2 Å². The second-order valence-corrected chi connectivity index (χ2v) is 7.53. The summed E-state index contributed by atoms with van der Waals surface area (Å²) in [6.07, 6.45) is 1.08. The first kappa shape index (κ1) is 16.6. The van der Waals surface area contributed by atoms with E-state index >= 15 is 0 Å². The summed E-state index contributed by atoms with van der Waals surface area (Å²) in [6, 6.07) is 4.13. The second-order valence-electron chi connectivity index (χ2n) is 5.52. The van der Waals surface area contributed by atoms with Crippen molar-refractivity contribution in [1.82, 2.24) is 0 Å². The molecule has 0 aliphatic rings. The van der Waals surface area contributed by atoms with Crippen LogP contribution >= 0.6 is 0 Å². The highest BCUT2D eigenvalue weighted by Gasteiger charge is 2.23.